The molecule has 110 valence electrons. The molecule has 1 aromatic carbocycles. The fraction of sp³-hybridized carbons (Fsp3) is 0.400. The molecule has 6 heteroatoms. The maximum Gasteiger partial charge on any atom is 0.210 e. The van der Waals surface area contributed by atoms with E-state index in [1.165, 1.54) is 0 Å². The van der Waals surface area contributed by atoms with Crippen LogP contribution in [0.25, 0.3) is 5.69 Å². The molecule has 6 nitrogen and oxygen atoms in total. The molecule has 1 amide bonds. The van der Waals surface area contributed by atoms with E-state index >= 15 is 0 Å². The predicted molar refractivity (Wildman–Crippen MR) is 77.0 cm³/mol. The zero-order valence-electron chi connectivity index (χ0n) is 11.9. The van der Waals surface area contributed by atoms with E-state index in [2.05, 4.69) is 10.2 Å². The second kappa shape index (κ2) is 6.05. The smallest absolute Gasteiger partial charge is 0.210 e. The van der Waals surface area contributed by atoms with E-state index in [1.807, 2.05) is 36.1 Å². The van der Waals surface area contributed by atoms with Gasteiger partial charge in [0.05, 0.1) is 36.8 Å². The molecule has 0 bridgehead atoms. The summed E-state index contributed by atoms with van der Waals surface area (Å²) in [6, 6.07) is 8.11. The molecule has 21 heavy (non-hydrogen) atoms. The SMILES string of the molecule is C[C@@H]1CN(C=O)[C@H](Cc2cccc(-n3nccn3)c2)CO1. The maximum atomic E-state index is 11.2. The van der Waals surface area contributed by atoms with Gasteiger partial charge in [-0.2, -0.15) is 15.0 Å². The molecule has 0 unspecified atom stereocenters. The molecule has 2 aromatic rings. The normalized spacial score (nSPS) is 22.2. The molecule has 0 aliphatic carbocycles. The fourth-order valence-electron chi connectivity index (χ4n) is 2.60. The summed E-state index contributed by atoms with van der Waals surface area (Å²) < 4.78 is 5.67. The molecule has 2 atom stereocenters. The minimum atomic E-state index is 0.0829. The first-order chi connectivity index (χ1) is 10.3. The molecule has 1 aliphatic heterocycles. The van der Waals surface area contributed by atoms with E-state index in [0.29, 0.717) is 13.2 Å². The number of benzene rings is 1. The van der Waals surface area contributed by atoms with Crippen LogP contribution < -0.4 is 0 Å². The number of amides is 1. The summed E-state index contributed by atoms with van der Waals surface area (Å²) in [5.74, 6) is 0. The van der Waals surface area contributed by atoms with Gasteiger partial charge in [-0.15, -0.1) is 0 Å². The van der Waals surface area contributed by atoms with Crippen LogP contribution in [0.2, 0.25) is 0 Å². The minimum absolute atomic E-state index is 0.0829. The lowest BCUT2D eigenvalue weighted by Crippen LogP contribution is -2.48. The molecule has 0 saturated carbocycles. The zero-order chi connectivity index (χ0) is 14.7. The van der Waals surface area contributed by atoms with Gasteiger partial charge in [-0.25, -0.2) is 0 Å². The van der Waals surface area contributed by atoms with Crippen LogP contribution in [0.15, 0.2) is 36.7 Å². The third-order valence-electron chi connectivity index (χ3n) is 3.68. The summed E-state index contributed by atoms with van der Waals surface area (Å²) in [5.41, 5.74) is 2.06. The molecular formula is C15H18N4O2. The Balaban J connectivity index is 1.75. The van der Waals surface area contributed by atoms with Gasteiger partial charge in [0.1, 0.15) is 0 Å². The van der Waals surface area contributed by atoms with Crippen molar-refractivity contribution in [1.82, 2.24) is 19.9 Å². The van der Waals surface area contributed by atoms with Crippen LogP contribution in [-0.2, 0) is 16.0 Å². The van der Waals surface area contributed by atoms with Crippen molar-refractivity contribution in [1.29, 1.82) is 0 Å². The molecule has 1 fully saturated rings. The van der Waals surface area contributed by atoms with Gasteiger partial charge in [-0.05, 0) is 31.0 Å². The van der Waals surface area contributed by atoms with Crippen molar-refractivity contribution >= 4 is 6.41 Å². The standard InChI is InChI=1S/C15H18N4O2/c1-12-9-18(11-20)15(10-21-12)8-13-3-2-4-14(7-13)19-16-5-6-17-19/h2-7,11-12,15H,8-10H2,1H3/t12-,15-/m1/s1. The average molecular weight is 286 g/mol. The van der Waals surface area contributed by atoms with Crippen molar-refractivity contribution in [2.75, 3.05) is 13.2 Å². The quantitative estimate of drug-likeness (QED) is 0.788. The number of hydrogen-bond acceptors (Lipinski definition) is 4. The summed E-state index contributed by atoms with van der Waals surface area (Å²) >= 11 is 0. The van der Waals surface area contributed by atoms with Crippen molar-refractivity contribution in [2.45, 2.75) is 25.5 Å². The highest BCUT2D eigenvalue weighted by atomic mass is 16.5. The second-order valence-corrected chi connectivity index (χ2v) is 5.29. The van der Waals surface area contributed by atoms with E-state index in [-0.39, 0.29) is 12.1 Å². The number of rotatable bonds is 4. The van der Waals surface area contributed by atoms with E-state index in [0.717, 1.165) is 24.1 Å². The molecule has 2 heterocycles. The van der Waals surface area contributed by atoms with Crippen LogP contribution in [-0.4, -0.2) is 51.6 Å². The number of aromatic nitrogens is 3. The van der Waals surface area contributed by atoms with Gasteiger partial charge in [0.25, 0.3) is 0 Å². The van der Waals surface area contributed by atoms with Gasteiger partial charge in [0.15, 0.2) is 0 Å². The molecule has 1 aromatic heterocycles. The number of ether oxygens (including phenoxy) is 1. The van der Waals surface area contributed by atoms with Crippen molar-refractivity contribution in [2.24, 2.45) is 0 Å². The third-order valence-corrected chi connectivity index (χ3v) is 3.68. The molecule has 0 N–H and O–H groups in total. The van der Waals surface area contributed by atoms with Crippen molar-refractivity contribution in [3.63, 3.8) is 0 Å². The van der Waals surface area contributed by atoms with Crippen molar-refractivity contribution < 1.29 is 9.53 Å². The van der Waals surface area contributed by atoms with Gasteiger partial charge >= 0.3 is 0 Å². The fourth-order valence-corrected chi connectivity index (χ4v) is 2.60. The van der Waals surface area contributed by atoms with Gasteiger partial charge in [0.2, 0.25) is 6.41 Å². The average Bonchev–Trinajstić information content (AvgIpc) is 3.04. The molecule has 1 saturated heterocycles. The summed E-state index contributed by atoms with van der Waals surface area (Å²) in [6.45, 7) is 3.20. The Kier molecular flexibility index (Phi) is 3.96. The first-order valence-electron chi connectivity index (χ1n) is 7.04. The number of carbonyl (C=O) groups excluding carboxylic acids is 1. The number of morpholine rings is 1. The molecule has 0 radical (unpaired) electrons. The van der Waals surface area contributed by atoms with E-state index in [9.17, 15) is 4.79 Å². The van der Waals surface area contributed by atoms with Crippen LogP contribution in [0.4, 0.5) is 0 Å². The van der Waals surface area contributed by atoms with Gasteiger partial charge in [-0.3, -0.25) is 4.79 Å². The number of nitrogens with zero attached hydrogens (tertiary/aromatic N) is 4. The highest BCUT2D eigenvalue weighted by molar-refractivity contribution is 5.48. The molecule has 3 rings (SSSR count). The van der Waals surface area contributed by atoms with Crippen LogP contribution in [0, 0.1) is 0 Å². The van der Waals surface area contributed by atoms with Crippen molar-refractivity contribution in [3.8, 4) is 5.69 Å². The van der Waals surface area contributed by atoms with Crippen LogP contribution in [0.3, 0.4) is 0 Å². The van der Waals surface area contributed by atoms with Gasteiger partial charge in [-0.1, -0.05) is 12.1 Å². The first kappa shape index (κ1) is 13.8. The van der Waals surface area contributed by atoms with Crippen LogP contribution in [0.1, 0.15) is 12.5 Å². The van der Waals surface area contributed by atoms with Gasteiger partial charge in [0, 0.05) is 6.54 Å². The lowest BCUT2D eigenvalue weighted by Gasteiger charge is -2.36. The monoisotopic (exact) mass is 286 g/mol. The largest absolute Gasteiger partial charge is 0.375 e. The maximum absolute atomic E-state index is 11.2. The number of hydrogen-bond donors (Lipinski definition) is 0. The summed E-state index contributed by atoms with van der Waals surface area (Å²) in [6.07, 6.45) is 5.09. The Hall–Kier alpha value is -2.21. The predicted octanol–water partition coefficient (Wildman–Crippen LogP) is 1.06. The van der Waals surface area contributed by atoms with Crippen LogP contribution in [0.5, 0.6) is 0 Å². The molecular weight excluding hydrogens is 268 g/mol. The zero-order valence-corrected chi connectivity index (χ0v) is 11.9. The summed E-state index contributed by atoms with van der Waals surface area (Å²) in [7, 11) is 0. The third kappa shape index (κ3) is 3.11. The second-order valence-electron chi connectivity index (χ2n) is 5.29. The highest BCUT2D eigenvalue weighted by Gasteiger charge is 2.25. The Morgan fingerprint density at radius 3 is 2.95 bits per heavy atom. The lowest BCUT2D eigenvalue weighted by molar-refractivity contribution is -0.130. The lowest BCUT2D eigenvalue weighted by atomic mass is 10.0. The molecule has 1 aliphatic rings. The van der Waals surface area contributed by atoms with Crippen molar-refractivity contribution in [3.05, 3.63) is 42.2 Å². The summed E-state index contributed by atoms with van der Waals surface area (Å²) in [4.78, 5) is 14.6. The first-order valence-corrected chi connectivity index (χ1v) is 7.04. The van der Waals surface area contributed by atoms with E-state index in [4.69, 9.17) is 4.74 Å². The Morgan fingerprint density at radius 1 is 1.38 bits per heavy atom. The Bertz CT molecular complexity index is 599. The minimum Gasteiger partial charge on any atom is -0.375 e. The summed E-state index contributed by atoms with van der Waals surface area (Å²) in [5, 5.41) is 8.26. The molecule has 0 spiro atoms. The topological polar surface area (TPSA) is 60.2 Å². The Morgan fingerprint density at radius 2 is 2.19 bits per heavy atom. The van der Waals surface area contributed by atoms with Crippen LogP contribution >= 0.6 is 0 Å². The van der Waals surface area contributed by atoms with Gasteiger partial charge < -0.3 is 9.64 Å². The Labute approximate surface area is 123 Å². The van der Waals surface area contributed by atoms with E-state index in [1.54, 1.807) is 17.2 Å². The highest BCUT2D eigenvalue weighted by Crippen LogP contribution is 2.16. The number of carbonyl (C=O) groups is 1. The van der Waals surface area contributed by atoms with E-state index < -0.39 is 0 Å².